The number of aryl methyl sites for hydroxylation is 1. The van der Waals surface area contributed by atoms with Gasteiger partial charge in [-0.2, -0.15) is 4.57 Å². The van der Waals surface area contributed by atoms with E-state index >= 15 is 0 Å². The molecule has 2 nitrogen and oxygen atoms in total. The quantitative estimate of drug-likeness (QED) is 0.397. The molecule has 0 saturated heterocycles. The third-order valence-electron chi connectivity index (χ3n) is 3.70. The average Bonchev–Trinajstić information content (AvgIpc) is 2.92. The van der Waals surface area contributed by atoms with Gasteiger partial charge in [-0.15, -0.1) is 6.42 Å². The van der Waals surface area contributed by atoms with Crippen LogP contribution in [-0.4, -0.2) is 7.11 Å². The highest BCUT2D eigenvalue weighted by molar-refractivity contribution is 7.18. The summed E-state index contributed by atoms with van der Waals surface area (Å²) < 4.78 is 8.97. The number of thiazole rings is 1. The van der Waals surface area contributed by atoms with E-state index in [1.165, 1.54) is 10.3 Å². The topological polar surface area (TPSA) is 13.1 Å². The zero-order valence-corrected chi connectivity index (χ0v) is 14.1. The fraction of sp³-hybridized carbons (Fsp3) is 0.150. The van der Waals surface area contributed by atoms with E-state index in [1.807, 2.05) is 12.1 Å². The molecule has 0 aliphatic carbocycles. The first-order valence-electron chi connectivity index (χ1n) is 7.40. The highest BCUT2D eigenvalue weighted by Crippen LogP contribution is 2.25. The van der Waals surface area contributed by atoms with Gasteiger partial charge in [-0.25, -0.2) is 0 Å². The fourth-order valence-electron chi connectivity index (χ4n) is 2.50. The van der Waals surface area contributed by atoms with Gasteiger partial charge < -0.3 is 4.74 Å². The van der Waals surface area contributed by atoms with Crippen LogP contribution in [0.5, 0.6) is 0 Å². The van der Waals surface area contributed by atoms with Gasteiger partial charge in [-0.3, -0.25) is 0 Å². The lowest BCUT2D eigenvalue weighted by Gasteiger charge is -2.05. The van der Waals surface area contributed by atoms with E-state index in [4.69, 9.17) is 11.2 Å². The lowest BCUT2D eigenvalue weighted by atomic mass is 10.1. The maximum absolute atomic E-state index is 5.61. The number of nitrogens with zero attached hydrogens (tertiary/aromatic N) is 1. The molecule has 0 aliphatic heterocycles. The minimum absolute atomic E-state index is 0.542. The maximum Gasteiger partial charge on any atom is 0.267 e. The van der Waals surface area contributed by atoms with E-state index < -0.39 is 0 Å². The Morgan fingerprint density at radius 1 is 1.22 bits per heavy atom. The molecule has 0 fully saturated rings. The number of para-hydroxylation sites is 1. The highest BCUT2D eigenvalue weighted by Gasteiger charge is 2.18. The largest absolute Gasteiger partial charge is 0.496 e. The van der Waals surface area contributed by atoms with Crippen molar-refractivity contribution in [2.45, 2.75) is 13.5 Å². The van der Waals surface area contributed by atoms with Crippen LogP contribution in [0.4, 0.5) is 0 Å². The predicted octanol–water partition coefficient (Wildman–Crippen LogP) is 4.27. The van der Waals surface area contributed by atoms with Crippen molar-refractivity contribution in [1.29, 1.82) is 0 Å². The van der Waals surface area contributed by atoms with Crippen LogP contribution in [0.3, 0.4) is 0 Å². The van der Waals surface area contributed by atoms with Crippen molar-refractivity contribution in [2.24, 2.45) is 0 Å². The molecule has 0 unspecified atom stereocenters. The molecule has 0 bridgehead atoms. The molecule has 0 spiro atoms. The average molecular weight is 320 g/mol. The minimum atomic E-state index is 0.542. The molecule has 114 valence electrons. The Hall–Kier alpha value is -2.57. The Bertz CT molecular complexity index is 898. The van der Waals surface area contributed by atoms with Crippen molar-refractivity contribution in [1.82, 2.24) is 0 Å². The molecule has 0 radical (unpaired) electrons. The van der Waals surface area contributed by atoms with E-state index in [0.717, 1.165) is 21.8 Å². The SMILES string of the molecule is C#CC[n+]1c(/C=C(\OC)c2ccc(C)cc2)sc2ccccc21. The van der Waals surface area contributed by atoms with Gasteiger partial charge in [-0.05, 0) is 18.9 Å². The van der Waals surface area contributed by atoms with Gasteiger partial charge in [0.15, 0.2) is 0 Å². The first-order chi connectivity index (χ1) is 11.2. The van der Waals surface area contributed by atoms with Crippen LogP contribution in [-0.2, 0) is 11.3 Å². The van der Waals surface area contributed by atoms with Gasteiger partial charge in [0, 0.05) is 11.6 Å². The summed E-state index contributed by atoms with van der Waals surface area (Å²) in [5.74, 6) is 3.58. The van der Waals surface area contributed by atoms with E-state index in [-0.39, 0.29) is 0 Å². The third-order valence-corrected chi connectivity index (χ3v) is 4.81. The van der Waals surface area contributed by atoms with Gasteiger partial charge in [0.1, 0.15) is 10.5 Å². The number of hydrogen-bond acceptors (Lipinski definition) is 2. The van der Waals surface area contributed by atoms with Crippen molar-refractivity contribution >= 4 is 33.4 Å². The number of methoxy groups -OCH3 is 1. The third kappa shape index (κ3) is 3.13. The second-order valence-electron chi connectivity index (χ2n) is 5.28. The van der Waals surface area contributed by atoms with Gasteiger partial charge in [0.05, 0.1) is 13.2 Å². The second-order valence-corrected chi connectivity index (χ2v) is 6.34. The number of fused-ring (bicyclic) bond motifs is 1. The number of ether oxygens (including phenoxy) is 1. The fourth-order valence-corrected chi connectivity index (χ4v) is 3.60. The van der Waals surface area contributed by atoms with Crippen molar-refractivity contribution < 1.29 is 9.30 Å². The Labute approximate surface area is 140 Å². The molecule has 3 heteroatoms. The van der Waals surface area contributed by atoms with E-state index in [2.05, 4.69) is 59.9 Å². The molecule has 3 rings (SSSR count). The summed E-state index contributed by atoms with van der Waals surface area (Å²) in [6.45, 7) is 2.62. The monoisotopic (exact) mass is 320 g/mol. The smallest absolute Gasteiger partial charge is 0.267 e. The zero-order valence-electron chi connectivity index (χ0n) is 13.2. The van der Waals surface area contributed by atoms with Crippen molar-refractivity contribution in [3.63, 3.8) is 0 Å². The molecule has 0 saturated carbocycles. The summed E-state index contributed by atoms with van der Waals surface area (Å²) in [5, 5.41) is 1.08. The lowest BCUT2D eigenvalue weighted by Crippen LogP contribution is -2.34. The van der Waals surface area contributed by atoms with Crippen LogP contribution in [0.1, 0.15) is 16.1 Å². The van der Waals surface area contributed by atoms with Gasteiger partial charge in [0.25, 0.3) is 5.01 Å². The van der Waals surface area contributed by atoms with Gasteiger partial charge >= 0.3 is 0 Å². The number of aromatic nitrogens is 1. The van der Waals surface area contributed by atoms with Crippen molar-refractivity contribution in [3.05, 3.63) is 64.7 Å². The molecular weight excluding hydrogens is 302 g/mol. The van der Waals surface area contributed by atoms with Crippen LogP contribution in [0.25, 0.3) is 22.1 Å². The summed E-state index contributed by atoms with van der Waals surface area (Å²) in [6, 6.07) is 16.6. The summed E-state index contributed by atoms with van der Waals surface area (Å²) in [6.07, 6.45) is 7.61. The molecule has 0 amide bonds. The number of terminal acetylenes is 1. The molecule has 0 aliphatic rings. The van der Waals surface area contributed by atoms with Gasteiger partial charge in [0.2, 0.25) is 12.1 Å². The van der Waals surface area contributed by atoms with E-state index in [9.17, 15) is 0 Å². The molecule has 1 heterocycles. The summed E-state index contributed by atoms with van der Waals surface area (Å²) >= 11 is 1.72. The Morgan fingerprint density at radius 3 is 2.65 bits per heavy atom. The molecule has 0 N–H and O–H groups in total. The van der Waals surface area contributed by atoms with Crippen molar-refractivity contribution in [3.8, 4) is 12.3 Å². The number of rotatable bonds is 4. The first kappa shape index (κ1) is 15.3. The molecule has 3 aromatic rings. The molecule has 1 aromatic heterocycles. The molecule has 2 aromatic carbocycles. The Morgan fingerprint density at radius 2 is 1.96 bits per heavy atom. The summed E-state index contributed by atoms with van der Waals surface area (Å²) in [4.78, 5) is 0. The van der Waals surface area contributed by atoms with Gasteiger partial charge in [-0.1, -0.05) is 53.3 Å². The van der Waals surface area contributed by atoms with Crippen LogP contribution in [0, 0.1) is 19.3 Å². The predicted molar refractivity (Wildman–Crippen MR) is 96.9 cm³/mol. The minimum Gasteiger partial charge on any atom is -0.496 e. The van der Waals surface area contributed by atoms with E-state index in [0.29, 0.717) is 6.54 Å². The molecular formula is C20H18NOS+. The Balaban J connectivity index is 2.12. The second kappa shape index (κ2) is 6.68. The molecule has 0 atom stereocenters. The Kier molecular flexibility index (Phi) is 4.45. The molecule has 23 heavy (non-hydrogen) atoms. The standard InChI is InChI=1S/C20H18NOS/c1-4-13-21-17-7-5-6-8-19(17)23-20(21)14-18(22-3)16-11-9-15(2)10-12-16/h1,5-12,14H,13H2,2-3H3/q+1/b18-14-. The first-order valence-corrected chi connectivity index (χ1v) is 8.22. The van der Waals surface area contributed by atoms with Crippen molar-refractivity contribution in [2.75, 3.05) is 7.11 Å². The lowest BCUT2D eigenvalue weighted by molar-refractivity contribution is -0.656. The van der Waals surface area contributed by atoms with E-state index in [1.54, 1.807) is 18.4 Å². The zero-order chi connectivity index (χ0) is 16.2. The highest BCUT2D eigenvalue weighted by atomic mass is 32.1. The number of hydrogen-bond donors (Lipinski definition) is 0. The van der Waals surface area contributed by atoms with Crippen LogP contribution < -0.4 is 4.57 Å². The summed E-state index contributed by atoms with van der Waals surface area (Å²) in [7, 11) is 1.70. The van der Waals surface area contributed by atoms with Crippen LogP contribution in [0.15, 0.2) is 48.5 Å². The maximum atomic E-state index is 5.61. The normalized spacial score (nSPS) is 11.4. The van der Waals surface area contributed by atoms with Crippen LogP contribution >= 0.6 is 11.3 Å². The van der Waals surface area contributed by atoms with Crippen LogP contribution in [0.2, 0.25) is 0 Å². The number of benzene rings is 2. The summed E-state index contributed by atoms with van der Waals surface area (Å²) in [5.41, 5.74) is 3.44.